The van der Waals surface area contributed by atoms with Crippen LogP contribution in [0.25, 0.3) is 0 Å². The van der Waals surface area contributed by atoms with Gasteiger partial charge in [-0.25, -0.2) is 0 Å². The summed E-state index contributed by atoms with van der Waals surface area (Å²) in [4.78, 5) is 14.9. The molecular formula is C26H41NO4. The number of benzene rings is 1. The molecule has 1 aromatic rings. The number of ether oxygens (including phenoxy) is 1. The Morgan fingerprint density at radius 1 is 1.10 bits per heavy atom. The summed E-state index contributed by atoms with van der Waals surface area (Å²) < 4.78 is 5.37. The van der Waals surface area contributed by atoms with Gasteiger partial charge in [-0.1, -0.05) is 52.9 Å². The maximum atomic E-state index is 13.0. The molecule has 5 nitrogen and oxygen atoms in total. The molecule has 1 saturated heterocycles. The SMILES string of the molecule is CCCCCCC(C)(C)c1cc(O)c(C2CCCC(C(=O)N3CCOCC3)C2)c(O)c1. The van der Waals surface area contributed by atoms with Gasteiger partial charge in [0.2, 0.25) is 5.91 Å². The second kappa shape index (κ2) is 10.7. The van der Waals surface area contributed by atoms with E-state index in [2.05, 4.69) is 20.8 Å². The number of rotatable bonds is 8. The highest BCUT2D eigenvalue weighted by Crippen LogP contribution is 2.46. The van der Waals surface area contributed by atoms with E-state index in [1.54, 1.807) is 0 Å². The van der Waals surface area contributed by atoms with Crippen molar-refractivity contribution in [1.29, 1.82) is 0 Å². The fourth-order valence-corrected chi connectivity index (χ4v) is 5.29. The Labute approximate surface area is 187 Å². The average molecular weight is 432 g/mol. The van der Waals surface area contributed by atoms with Crippen LogP contribution in [0.1, 0.15) is 95.6 Å². The van der Waals surface area contributed by atoms with Gasteiger partial charge in [-0.3, -0.25) is 4.79 Å². The Bertz CT molecular complexity index is 716. The second-order valence-corrected chi connectivity index (χ2v) is 10.1. The highest BCUT2D eigenvalue weighted by atomic mass is 16.5. The van der Waals surface area contributed by atoms with Crippen LogP contribution >= 0.6 is 0 Å². The molecule has 3 rings (SSSR count). The summed E-state index contributed by atoms with van der Waals surface area (Å²) in [6.45, 7) is 9.13. The maximum absolute atomic E-state index is 13.0. The first-order chi connectivity index (χ1) is 14.8. The molecule has 0 spiro atoms. The van der Waals surface area contributed by atoms with Crippen molar-refractivity contribution in [2.75, 3.05) is 26.3 Å². The smallest absolute Gasteiger partial charge is 0.225 e. The molecule has 2 unspecified atom stereocenters. The number of nitrogens with zero attached hydrogens (tertiary/aromatic N) is 1. The summed E-state index contributed by atoms with van der Waals surface area (Å²) in [6.07, 6.45) is 9.28. The number of aromatic hydroxyl groups is 2. The Kier molecular flexibility index (Phi) is 8.26. The lowest BCUT2D eigenvalue weighted by Crippen LogP contribution is -2.44. The van der Waals surface area contributed by atoms with E-state index in [9.17, 15) is 15.0 Å². The van der Waals surface area contributed by atoms with Gasteiger partial charge in [0, 0.05) is 24.6 Å². The molecule has 1 saturated carbocycles. The maximum Gasteiger partial charge on any atom is 0.225 e. The van der Waals surface area contributed by atoms with Crippen molar-refractivity contribution in [3.05, 3.63) is 23.3 Å². The zero-order valence-electron chi connectivity index (χ0n) is 19.7. The van der Waals surface area contributed by atoms with Gasteiger partial charge in [0.05, 0.1) is 13.2 Å². The largest absolute Gasteiger partial charge is 0.508 e. The first kappa shape index (κ1) is 23.9. The summed E-state index contributed by atoms with van der Waals surface area (Å²) in [6, 6.07) is 3.70. The van der Waals surface area contributed by atoms with Crippen molar-refractivity contribution in [1.82, 2.24) is 4.90 Å². The number of carbonyl (C=O) groups is 1. The number of morpholine rings is 1. The minimum atomic E-state index is -0.0946. The molecule has 2 atom stereocenters. The highest BCUT2D eigenvalue weighted by molar-refractivity contribution is 5.79. The molecule has 31 heavy (non-hydrogen) atoms. The van der Waals surface area contributed by atoms with Crippen molar-refractivity contribution in [2.24, 2.45) is 5.92 Å². The van der Waals surface area contributed by atoms with Gasteiger partial charge in [-0.2, -0.15) is 0 Å². The van der Waals surface area contributed by atoms with Gasteiger partial charge in [0.25, 0.3) is 0 Å². The molecule has 2 N–H and O–H groups in total. The van der Waals surface area contributed by atoms with Crippen molar-refractivity contribution >= 4 is 5.91 Å². The van der Waals surface area contributed by atoms with Gasteiger partial charge < -0.3 is 19.8 Å². The van der Waals surface area contributed by atoms with Crippen LogP contribution in [0.5, 0.6) is 11.5 Å². The molecule has 0 aromatic heterocycles. The van der Waals surface area contributed by atoms with Crippen molar-refractivity contribution in [3.8, 4) is 11.5 Å². The summed E-state index contributed by atoms with van der Waals surface area (Å²) in [5, 5.41) is 21.8. The third-order valence-electron chi connectivity index (χ3n) is 7.33. The molecule has 1 aromatic carbocycles. The topological polar surface area (TPSA) is 70.0 Å². The lowest BCUT2D eigenvalue weighted by molar-refractivity contribution is -0.140. The summed E-state index contributed by atoms with van der Waals surface area (Å²) >= 11 is 0. The quantitative estimate of drug-likeness (QED) is 0.535. The Hall–Kier alpha value is -1.75. The zero-order valence-corrected chi connectivity index (χ0v) is 19.7. The van der Waals surface area contributed by atoms with Gasteiger partial charge in [0.15, 0.2) is 0 Å². The monoisotopic (exact) mass is 431 g/mol. The van der Waals surface area contributed by atoms with Crippen LogP contribution in [-0.2, 0) is 14.9 Å². The summed E-state index contributed by atoms with van der Waals surface area (Å²) in [5.41, 5.74) is 1.52. The number of hydrogen-bond acceptors (Lipinski definition) is 4. The van der Waals surface area contributed by atoms with Crippen molar-refractivity contribution in [3.63, 3.8) is 0 Å². The van der Waals surface area contributed by atoms with E-state index in [0.717, 1.165) is 37.7 Å². The fourth-order valence-electron chi connectivity index (χ4n) is 5.29. The number of phenolic OH excluding ortho intramolecular Hbond substituents is 2. The van der Waals surface area contributed by atoms with Gasteiger partial charge in [0.1, 0.15) is 11.5 Å². The van der Waals surface area contributed by atoms with Crippen molar-refractivity contribution in [2.45, 2.75) is 89.9 Å². The predicted octanol–water partition coefficient (Wildman–Crippen LogP) is 5.48. The lowest BCUT2D eigenvalue weighted by Gasteiger charge is -2.35. The van der Waals surface area contributed by atoms with Gasteiger partial charge >= 0.3 is 0 Å². The summed E-state index contributed by atoms with van der Waals surface area (Å²) in [5.74, 6) is 0.551. The fraction of sp³-hybridized carbons (Fsp3) is 0.731. The van der Waals surface area contributed by atoms with Crippen LogP contribution < -0.4 is 0 Å². The molecule has 0 bridgehead atoms. The molecule has 1 aliphatic carbocycles. The van der Waals surface area contributed by atoms with E-state index < -0.39 is 0 Å². The second-order valence-electron chi connectivity index (χ2n) is 10.1. The lowest BCUT2D eigenvalue weighted by atomic mass is 9.75. The number of phenols is 2. The predicted molar refractivity (Wildman–Crippen MR) is 124 cm³/mol. The average Bonchev–Trinajstić information content (AvgIpc) is 2.76. The van der Waals surface area contributed by atoms with E-state index >= 15 is 0 Å². The molecule has 1 aliphatic heterocycles. The third-order valence-corrected chi connectivity index (χ3v) is 7.33. The molecule has 0 radical (unpaired) electrons. The molecule has 5 heteroatoms. The molecule has 1 heterocycles. The van der Waals surface area contributed by atoms with E-state index in [4.69, 9.17) is 4.74 Å². The normalized spacial score (nSPS) is 22.5. The van der Waals surface area contributed by atoms with Gasteiger partial charge in [-0.15, -0.1) is 0 Å². The van der Waals surface area contributed by atoms with Crippen LogP contribution in [0.2, 0.25) is 0 Å². The summed E-state index contributed by atoms with van der Waals surface area (Å²) in [7, 11) is 0. The third kappa shape index (κ3) is 5.94. The minimum absolute atomic E-state index is 0.0189. The standard InChI is InChI=1S/C26H41NO4/c1-4-5-6-7-11-26(2,3)21-17-22(28)24(23(29)18-21)19-9-8-10-20(16-19)25(30)27-12-14-31-15-13-27/h17-20,28-29H,4-16H2,1-3H3. The van der Waals surface area contributed by atoms with E-state index in [-0.39, 0.29) is 34.7 Å². The van der Waals surface area contributed by atoms with Crippen LogP contribution in [0.15, 0.2) is 12.1 Å². The first-order valence-electron chi connectivity index (χ1n) is 12.3. The van der Waals surface area contributed by atoms with Crippen molar-refractivity contribution < 1.29 is 19.7 Å². The first-order valence-corrected chi connectivity index (χ1v) is 12.3. The Balaban J connectivity index is 1.71. The van der Waals surface area contributed by atoms with Gasteiger partial charge in [-0.05, 0) is 54.7 Å². The van der Waals surface area contributed by atoms with Crippen LogP contribution in [0.4, 0.5) is 0 Å². The molecule has 2 fully saturated rings. The Morgan fingerprint density at radius 2 is 1.77 bits per heavy atom. The molecule has 2 aliphatic rings. The highest BCUT2D eigenvalue weighted by Gasteiger charge is 2.34. The molecule has 174 valence electrons. The Morgan fingerprint density at radius 3 is 2.42 bits per heavy atom. The molecular weight excluding hydrogens is 390 g/mol. The van der Waals surface area contributed by atoms with E-state index in [0.29, 0.717) is 38.3 Å². The van der Waals surface area contributed by atoms with E-state index in [1.165, 1.54) is 19.3 Å². The number of carbonyl (C=O) groups excluding carboxylic acids is 1. The zero-order chi connectivity index (χ0) is 22.4. The van der Waals surface area contributed by atoms with E-state index in [1.807, 2.05) is 17.0 Å². The number of amides is 1. The minimum Gasteiger partial charge on any atom is -0.508 e. The van der Waals surface area contributed by atoms with Crippen LogP contribution in [0.3, 0.4) is 0 Å². The number of hydrogen-bond donors (Lipinski definition) is 2. The van der Waals surface area contributed by atoms with Crippen LogP contribution in [-0.4, -0.2) is 47.3 Å². The molecule has 1 amide bonds. The van der Waals surface area contributed by atoms with Crippen LogP contribution in [0, 0.1) is 5.92 Å². The number of unbranched alkanes of at least 4 members (excludes halogenated alkanes) is 3.